The first kappa shape index (κ1) is 12.8. The van der Waals surface area contributed by atoms with Gasteiger partial charge in [0.25, 0.3) is 0 Å². The molecule has 2 atom stereocenters. The molecule has 6 heteroatoms. The van der Waals surface area contributed by atoms with Crippen molar-refractivity contribution >= 4 is 17.6 Å². The first-order chi connectivity index (χ1) is 7.47. The smallest absolute Gasteiger partial charge is 0.323 e. The van der Waals surface area contributed by atoms with Gasteiger partial charge in [-0.25, -0.2) is 0 Å². The largest absolute Gasteiger partial charge is 0.496 e. The number of halogens is 1. The van der Waals surface area contributed by atoms with Gasteiger partial charge in [0.2, 0.25) is 0 Å². The summed E-state index contributed by atoms with van der Waals surface area (Å²) in [5.41, 5.74) is 5.61. The summed E-state index contributed by atoms with van der Waals surface area (Å²) < 4.78 is 4.98. The van der Waals surface area contributed by atoms with E-state index in [9.17, 15) is 9.90 Å². The number of benzene rings is 1. The van der Waals surface area contributed by atoms with E-state index in [0.717, 1.165) is 0 Å². The molecule has 1 aromatic rings. The summed E-state index contributed by atoms with van der Waals surface area (Å²) >= 11 is 5.73. The number of aliphatic carboxylic acids is 1. The number of methoxy groups -OCH3 is 1. The van der Waals surface area contributed by atoms with Crippen LogP contribution in [0.25, 0.3) is 0 Å². The average molecular weight is 246 g/mol. The lowest BCUT2D eigenvalue weighted by molar-refractivity contribution is -0.141. The van der Waals surface area contributed by atoms with Crippen molar-refractivity contribution in [3.8, 4) is 5.75 Å². The van der Waals surface area contributed by atoms with E-state index < -0.39 is 18.1 Å². The number of hydrogen-bond acceptors (Lipinski definition) is 4. The van der Waals surface area contributed by atoms with Crippen molar-refractivity contribution in [2.45, 2.75) is 12.1 Å². The minimum atomic E-state index is -1.41. The van der Waals surface area contributed by atoms with Crippen molar-refractivity contribution in [1.29, 1.82) is 0 Å². The predicted octanol–water partition coefficient (Wildman–Crippen LogP) is 0.794. The molecule has 1 rings (SSSR count). The summed E-state index contributed by atoms with van der Waals surface area (Å²) in [7, 11) is 1.40. The van der Waals surface area contributed by atoms with Crippen molar-refractivity contribution in [2.24, 2.45) is 5.73 Å². The highest BCUT2D eigenvalue weighted by Gasteiger charge is 2.26. The fourth-order valence-corrected chi connectivity index (χ4v) is 1.42. The van der Waals surface area contributed by atoms with Gasteiger partial charge >= 0.3 is 5.97 Å². The Bertz CT molecular complexity index is 396. The molecule has 16 heavy (non-hydrogen) atoms. The zero-order valence-electron chi connectivity index (χ0n) is 8.55. The fourth-order valence-electron chi connectivity index (χ4n) is 1.26. The van der Waals surface area contributed by atoms with Crippen LogP contribution < -0.4 is 10.5 Å². The quantitative estimate of drug-likeness (QED) is 0.729. The van der Waals surface area contributed by atoms with Crippen LogP contribution in [0.3, 0.4) is 0 Å². The van der Waals surface area contributed by atoms with Crippen LogP contribution in [-0.4, -0.2) is 29.3 Å². The number of aliphatic hydroxyl groups is 1. The van der Waals surface area contributed by atoms with Crippen LogP contribution in [0.5, 0.6) is 5.75 Å². The van der Waals surface area contributed by atoms with E-state index in [1.54, 1.807) is 0 Å². The number of ether oxygens (including phenoxy) is 1. The molecule has 0 spiro atoms. The van der Waals surface area contributed by atoms with Gasteiger partial charge in [-0.15, -0.1) is 0 Å². The molecule has 2 unspecified atom stereocenters. The average Bonchev–Trinajstić information content (AvgIpc) is 2.26. The molecule has 4 N–H and O–H groups in total. The summed E-state index contributed by atoms with van der Waals surface area (Å²) in [5.74, 6) is -0.985. The zero-order chi connectivity index (χ0) is 12.3. The third-order valence-electron chi connectivity index (χ3n) is 2.14. The second-order valence-electron chi connectivity index (χ2n) is 3.20. The van der Waals surface area contributed by atoms with Crippen LogP contribution in [0.4, 0.5) is 0 Å². The molecular formula is C10H12ClNO4. The Morgan fingerprint density at radius 2 is 2.19 bits per heavy atom. The van der Waals surface area contributed by atoms with Crippen LogP contribution in [0.1, 0.15) is 11.7 Å². The maximum absolute atomic E-state index is 10.6. The molecule has 1 aromatic carbocycles. The third kappa shape index (κ3) is 2.63. The normalized spacial score (nSPS) is 14.2. The number of carboxylic acid groups (broad SMARTS) is 1. The minimum Gasteiger partial charge on any atom is -0.496 e. The van der Waals surface area contributed by atoms with Gasteiger partial charge < -0.3 is 20.7 Å². The highest BCUT2D eigenvalue weighted by Crippen LogP contribution is 2.29. The van der Waals surface area contributed by atoms with Gasteiger partial charge in [0.05, 0.1) is 7.11 Å². The molecule has 0 heterocycles. The Hall–Kier alpha value is -1.30. The first-order valence-corrected chi connectivity index (χ1v) is 4.85. The molecule has 88 valence electrons. The van der Waals surface area contributed by atoms with E-state index in [1.165, 1.54) is 25.3 Å². The number of nitrogens with two attached hydrogens (primary N) is 1. The van der Waals surface area contributed by atoms with Crippen LogP contribution in [0.15, 0.2) is 18.2 Å². The van der Waals surface area contributed by atoms with Crippen molar-refractivity contribution < 1.29 is 19.7 Å². The van der Waals surface area contributed by atoms with Crippen molar-refractivity contribution in [3.05, 3.63) is 28.8 Å². The van der Waals surface area contributed by atoms with E-state index in [4.69, 9.17) is 27.2 Å². The molecule has 0 fully saturated rings. The highest BCUT2D eigenvalue weighted by molar-refractivity contribution is 6.30. The molecule has 0 saturated carbocycles. The first-order valence-electron chi connectivity index (χ1n) is 4.47. The van der Waals surface area contributed by atoms with Gasteiger partial charge in [-0.1, -0.05) is 17.7 Å². The molecule has 0 aromatic heterocycles. The standard InChI is InChI=1S/C10H12ClNO4/c1-16-7-4-5(11)2-3-6(7)9(13)8(12)10(14)15/h2-4,8-9,13H,12H2,1H3,(H,14,15). The number of aliphatic hydroxyl groups excluding tert-OH is 1. The number of hydrogen-bond donors (Lipinski definition) is 3. The molecule has 5 nitrogen and oxygen atoms in total. The number of carboxylic acids is 1. The van der Waals surface area contributed by atoms with E-state index in [0.29, 0.717) is 16.3 Å². The van der Waals surface area contributed by atoms with Crippen LogP contribution in [0.2, 0.25) is 5.02 Å². The lowest BCUT2D eigenvalue weighted by Gasteiger charge is -2.18. The fraction of sp³-hybridized carbons (Fsp3) is 0.300. The SMILES string of the molecule is COc1cc(Cl)ccc1C(O)C(N)C(=O)O. The summed E-state index contributed by atoms with van der Waals surface area (Å²) in [6, 6.07) is 3.08. The molecular weight excluding hydrogens is 234 g/mol. The third-order valence-corrected chi connectivity index (χ3v) is 2.37. The Kier molecular flexibility index (Phi) is 4.12. The molecule has 0 aliphatic carbocycles. The monoisotopic (exact) mass is 245 g/mol. The molecule has 0 aliphatic rings. The minimum absolute atomic E-state index is 0.293. The van der Waals surface area contributed by atoms with E-state index in [2.05, 4.69) is 0 Å². The van der Waals surface area contributed by atoms with Crippen molar-refractivity contribution in [2.75, 3.05) is 7.11 Å². The molecule has 0 radical (unpaired) electrons. The van der Waals surface area contributed by atoms with Gasteiger partial charge in [0.15, 0.2) is 0 Å². The van der Waals surface area contributed by atoms with Gasteiger partial charge in [0.1, 0.15) is 17.9 Å². The second-order valence-corrected chi connectivity index (χ2v) is 3.63. The topological polar surface area (TPSA) is 92.8 Å². The Morgan fingerprint density at radius 1 is 1.56 bits per heavy atom. The van der Waals surface area contributed by atoms with Gasteiger partial charge in [-0.3, -0.25) is 4.79 Å². The summed E-state index contributed by atoms with van der Waals surface area (Å²) in [6.07, 6.45) is -1.34. The van der Waals surface area contributed by atoms with Gasteiger partial charge in [-0.05, 0) is 12.1 Å². The summed E-state index contributed by atoms with van der Waals surface area (Å²) in [5, 5.41) is 18.8. The van der Waals surface area contributed by atoms with Crippen molar-refractivity contribution in [1.82, 2.24) is 0 Å². The summed E-state index contributed by atoms with van der Waals surface area (Å²) in [6.45, 7) is 0. The Labute approximate surface area is 97.4 Å². The van der Waals surface area contributed by atoms with Crippen LogP contribution in [0, 0.1) is 0 Å². The molecule has 0 amide bonds. The Morgan fingerprint density at radius 3 is 2.69 bits per heavy atom. The lowest BCUT2D eigenvalue weighted by Crippen LogP contribution is -2.36. The maximum atomic E-state index is 10.6. The Balaban J connectivity index is 3.07. The highest BCUT2D eigenvalue weighted by atomic mass is 35.5. The molecule has 0 bridgehead atoms. The van der Waals surface area contributed by atoms with E-state index >= 15 is 0 Å². The lowest BCUT2D eigenvalue weighted by atomic mass is 10.0. The number of rotatable bonds is 4. The predicted molar refractivity (Wildman–Crippen MR) is 58.6 cm³/mol. The second kappa shape index (κ2) is 5.16. The van der Waals surface area contributed by atoms with Crippen molar-refractivity contribution in [3.63, 3.8) is 0 Å². The maximum Gasteiger partial charge on any atom is 0.323 e. The van der Waals surface area contributed by atoms with Gasteiger partial charge in [-0.2, -0.15) is 0 Å². The molecule has 0 aliphatic heterocycles. The van der Waals surface area contributed by atoms with Gasteiger partial charge in [0, 0.05) is 10.6 Å². The van der Waals surface area contributed by atoms with E-state index in [1.807, 2.05) is 0 Å². The van der Waals surface area contributed by atoms with E-state index in [-0.39, 0.29) is 0 Å². The van der Waals surface area contributed by atoms with Crippen LogP contribution in [-0.2, 0) is 4.79 Å². The molecule has 0 saturated heterocycles. The number of carbonyl (C=O) groups is 1. The zero-order valence-corrected chi connectivity index (χ0v) is 9.31. The summed E-state index contributed by atoms with van der Waals surface area (Å²) in [4.78, 5) is 10.6. The van der Waals surface area contributed by atoms with Crippen LogP contribution >= 0.6 is 11.6 Å².